The third-order valence-corrected chi connectivity index (χ3v) is 3.08. The van der Waals surface area contributed by atoms with Crippen molar-refractivity contribution in [2.75, 3.05) is 46.9 Å². The van der Waals surface area contributed by atoms with E-state index in [1.54, 1.807) is 7.05 Å². The summed E-state index contributed by atoms with van der Waals surface area (Å²) in [7, 11) is 3.93. The Morgan fingerprint density at radius 1 is 1.42 bits per heavy atom. The molecular formula is C13H29IN4O. The number of aliphatic imine (C=N–C) groups is 1. The van der Waals surface area contributed by atoms with Gasteiger partial charge in [-0.1, -0.05) is 13.8 Å². The van der Waals surface area contributed by atoms with Crippen molar-refractivity contribution in [1.29, 1.82) is 0 Å². The van der Waals surface area contributed by atoms with Crippen molar-refractivity contribution in [2.24, 2.45) is 10.9 Å². The molecule has 1 atom stereocenters. The van der Waals surface area contributed by atoms with Crippen LogP contribution in [0.4, 0.5) is 0 Å². The summed E-state index contributed by atoms with van der Waals surface area (Å²) in [5, 5.41) is 6.64. The van der Waals surface area contributed by atoms with Crippen LogP contribution in [0.3, 0.4) is 0 Å². The molecule has 6 heteroatoms. The van der Waals surface area contributed by atoms with Crippen LogP contribution in [0.2, 0.25) is 0 Å². The maximum atomic E-state index is 5.70. The molecule has 0 aromatic carbocycles. The first kappa shape index (κ1) is 18.9. The third-order valence-electron chi connectivity index (χ3n) is 3.08. The second kappa shape index (κ2) is 10.7. The van der Waals surface area contributed by atoms with Crippen molar-refractivity contribution in [3.63, 3.8) is 0 Å². The topological polar surface area (TPSA) is 48.9 Å². The lowest BCUT2D eigenvalue weighted by Crippen LogP contribution is -2.48. The second-order valence-electron chi connectivity index (χ2n) is 5.32. The first-order chi connectivity index (χ1) is 8.61. The number of halogens is 1. The van der Waals surface area contributed by atoms with Crippen molar-refractivity contribution in [3.05, 3.63) is 0 Å². The summed E-state index contributed by atoms with van der Waals surface area (Å²) in [6, 6.07) is 0. The molecule has 1 fully saturated rings. The summed E-state index contributed by atoms with van der Waals surface area (Å²) in [4.78, 5) is 6.51. The Kier molecular flexibility index (Phi) is 10.6. The lowest BCUT2D eigenvalue weighted by molar-refractivity contribution is -0.0161. The SMILES string of the molecule is CN=C(NCCC(C)C)NCC1CN(C)CCO1.I. The van der Waals surface area contributed by atoms with Gasteiger partial charge in [0.25, 0.3) is 0 Å². The van der Waals surface area contributed by atoms with E-state index < -0.39 is 0 Å². The van der Waals surface area contributed by atoms with Gasteiger partial charge in [0.1, 0.15) is 0 Å². The fourth-order valence-electron chi connectivity index (χ4n) is 1.90. The zero-order valence-electron chi connectivity index (χ0n) is 12.6. The Morgan fingerprint density at radius 2 is 2.16 bits per heavy atom. The van der Waals surface area contributed by atoms with Crippen LogP contribution in [0.15, 0.2) is 4.99 Å². The van der Waals surface area contributed by atoms with E-state index in [9.17, 15) is 0 Å². The molecular weight excluding hydrogens is 355 g/mol. The Labute approximate surface area is 134 Å². The van der Waals surface area contributed by atoms with E-state index >= 15 is 0 Å². The van der Waals surface area contributed by atoms with E-state index in [0.717, 1.165) is 45.2 Å². The maximum Gasteiger partial charge on any atom is 0.191 e. The highest BCUT2D eigenvalue weighted by Gasteiger charge is 2.17. The summed E-state index contributed by atoms with van der Waals surface area (Å²) in [6.07, 6.45) is 1.41. The summed E-state index contributed by atoms with van der Waals surface area (Å²) >= 11 is 0. The van der Waals surface area contributed by atoms with Crippen molar-refractivity contribution >= 4 is 29.9 Å². The number of likely N-dealkylation sites (N-methyl/N-ethyl adjacent to an activating group) is 1. The number of nitrogens with zero attached hydrogens (tertiary/aromatic N) is 2. The van der Waals surface area contributed by atoms with Gasteiger partial charge in [0.15, 0.2) is 5.96 Å². The van der Waals surface area contributed by atoms with Gasteiger partial charge < -0.3 is 20.3 Å². The largest absolute Gasteiger partial charge is 0.374 e. The fourth-order valence-corrected chi connectivity index (χ4v) is 1.90. The minimum atomic E-state index is 0. The first-order valence-corrected chi connectivity index (χ1v) is 6.86. The molecule has 0 aromatic heterocycles. The molecule has 1 rings (SSSR count). The van der Waals surface area contributed by atoms with Gasteiger partial charge in [-0.3, -0.25) is 4.99 Å². The monoisotopic (exact) mass is 384 g/mol. The Hall–Kier alpha value is -0.0800. The van der Waals surface area contributed by atoms with Gasteiger partial charge in [0.2, 0.25) is 0 Å². The minimum Gasteiger partial charge on any atom is -0.374 e. The molecule has 1 heterocycles. The molecule has 0 aromatic rings. The van der Waals surface area contributed by atoms with Crippen LogP contribution < -0.4 is 10.6 Å². The Balaban J connectivity index is 0.00000324. The minimum absolute atomic E-state index is 0. The molecule has 2 N–H and O–H groups in total. The van der Waals surface area contributed by atoms with E-state index in [2.05, 4.69) is 41.4 Å². The van der Waals surface area contributed by atoms with Crippen LogP contribution in [-0.2, 0) is 4.74 Å². The Morgan fingerprint density at radius 3 is 2.74 bits per heavy atom. The van der Waals surface area contributed by atoms with Crippen LogP contribution >= 0.6 is 24.0 Å². The molecule has 1 aliphatic rings. The highest BCUT2D eigenvalue weighted by Crippen LogP contribution is 2.01. The average Bonchev–Trinajstić information content (AvgIpc) is 2.33. The molecule has 1 unspecified atom stereocenters. The molecule has 0 bridgehead atoms. The predicted molar refractivity (Wildman–Crippen MR) is 91.5 cm³/mol. The van der Waals surface area contributed by atoms with E-state index in [1.807, 2.05) is 0 Å². The molecule has 19 heavy (non-hydrogen) atoms. The molecule has 5 nitrogen and oxygen atoms in total. The molecule has 0 amide bonds. The molecule has 0 aliphatic carbocycles. The standard InChI is InChI=1S/C13H28N4O.HI/c1-11(2)5-6-15-13(14-3)16-9-12-10-17(4)7-8-18-12;/h11-12H,5-10H2,1-4H3,(H2,14,15,16);1H. The highest BCUT2D eigenvalue weighted by atomic mass is 127. The quantitative estimate of drug-likeness (QED) is 0.424. The second-order valence-corrected chi connectivity index (χ2v) is 5.32. The van der Waals surface area contributed by atoms with Crippen molar-refractivity contribution in [1.82, 2.24) is 15.5 Å². The predicted octanol–water partition coefficient (Wildman–Crippen LogP) is 1.15. The van der Waals surface area contributed by atoms with Crippen molar-refractivity contribution in [2.45, 2.75) is 26.4 Å². The zero-order chi connectivity index (χ0) is 13.4. The number of guanidine groups is 1. The zero-order valence-corrected chi connectivity index (χ0v) is 14.9. The van der Waals surface area contributed by atoms with Crippen molar-refractivity contribution < 1.29 is 4.74 Å². The lowest BCUT2D eigenvalue weighted by atomic mass is 10.1. The first-order valence-electron chi connectivity index (χ1n) is 6.86. The van der Waals surface area contributed by atoms with Gasteiger partial charge in [0.05, 0.1) is 12.7 Å². The molecule has 0 radical (unpaired) electrons. The number of morpholine rings is 1. The Bertz CT molecular complexity index is 261. The molecule has 114 valence electrons. The summed E-state index contributed by atoms with van der Waals surface area (Å²) in [5.74, 6) is 1.58. The van der Waals surface area contributed by atoms with E-state index in [1.165, 1.54) is 0 Å². The van der Waals surface area contributed by atoms with E-state index in [0.29, 0.717) is 5.92 Å². The number of nitrogens with one attached hydrogen (secondary N) is 2. The van der Waals surface area contributed by atoms with Crippen LogP contribution in [-0.4, -0.2) is 63.8 Å². The summed E-state index contributed by atoms with van der Waals surface area (Å²) in [5.41, 5.74) is 0. The molecule has 0 spiro atoms. The van der Waals surface area contributed by atoms with Crippen LogP contribution in [0.5, 0.6) is 0 Å². The van der Waals surface area contributed by atoms with Gasteiger partial charge >= 0.3 is 0 Å². The van der Waals surface area contributed by atoms with Crippen LogP contribution in [0.25, 0.3) is 0 Å². The van der Waals surface area contributed by atoms with Gasteiger partial charge in [-0.05, 0) is 19.4 Å². The number of hydrogen-bond acceptors (Lipinski definition) is 3. The highest BCUT2D eigenvalue weighted by molar-refractivity contribution is 14.0. The van der Waals surface area contributed by atoms with Gasteiger partial charge in [0, 0.05) is 33.2 Å². The van der Waals surface area contributed by atoms with Crippen molar-refractivity contribution in [3.8, 4) is 0 Å². The van der Waals surface area contributed by atoms with E-state index in [4.69, 9.17) is 4.74 Å². The normalized spacial score (nSPS) is 21.1. The number of rotatable bonds is 5. The summed E-state index contributed by atoms with van der Waals surface area (Å²) in [6.45, 7) is 9.05. The molecule has 1 aliphatic heterocycles. The molecule has 1 saturated heterocycles. The summed E-state index contributed by atoms with van der Waals surface area (Å²) < 4.78 is 5.70. The van der Waals surface area contributed by atoms with Gasteiger partial charge in [-0.15, -0.1) is 24.0 Å². The molecule has 0 saturated carbocycles. The smallest absolute Gasteiger partial charge is 0.191 e. The number of ether oxygens (including phenoxy) is 1. The van der Waals surface area contributed by atoms with Gasteiger partial charge in [-0.25, -0.2) is 0 Å². The van der Waals surface area contributed by atoms with Gasteiger partial charge in [-0.2, -0.15) is 0 Å². The van der Waals surface area contributed by atoms with E-state index in [-0.39, 0.29) is 30.1 Å². The third kappa shape index (κ3) is 8.65. The van der Waals surface area contributed by atoms with Crippen LogP contribution in [0, 0.1) is 5.92 Å². The lowest BCUT2D eigenvalue weighted by Gasteiger charge is -2.30. The fraction of sp³-hybridized carbons (Fsp3) is 0.923. The maximum absolute atomic E-state index is 5.70. The number of hydrogen-bond donors (Lipinski definition) is 2. The average molecular weight is 384 g/mol. The van der Waals surface area contributed by atoms with Crippen LogP contribution in [0.1, 0.15) is 20.3 Å².